The van der Waals surface area contributed by atoms with Crippen LogP contribution in [0.3, 0.4) is 0 Å². The van der Waals surface area contributed by atoms with Crippen molar-refractivity contribution in [3.05, 3.63) is 54.1 Å². The first-order valence-electron chi connectivity index (χ1n) is 7.65. The van der Waals surface area contributed by atoms with Crippen molar-refractivity contribution in [2.75, 3.05) is 25.6 Å². The number of benzene rings is 2. The Balaban J connectivity index is 1.67. The molecule has 2 rings (SSSR count). The molecule has 0 aromatic heterocycles. The number of rotatable bonds is 8. The molecule has 0 heterocycles. The van der Waals surface area contributed by atoms with Gasteiger partial charge in [0.05, 0.1) is 20.1 Å². The molecule has 1 N–H and O–H groups in total. The van der Waals surface area contributed by atoms with Crippen LogP contribution in [0.5, 0.6) is 11.5 Å². The third-order valence-electron chi connectivity index (χ3n) is 3.20. The average Bonchev–Trinajstić information content (AvgIpc) is 2.63. The molecule has 0 aliphatic heterocycles. The molecular weight excluding hydrogens is 348 g/mol. The summed E-state index contributed by atoms with van der Waals surface area (Å²) >= 11 is 0. The molecule has 8 heteroatoms. The lowest BCUT2D eigenvalue weighted by molar-refractivity contribution is -0.147. The Morgan fingerprint density at radius 2 is 1.69 bits per heavy atom. The molecule has 2 aromatic carbocycles. The molecule has 0 saturated carbocycles. The van der Waals surface area contributed by atoms with E-state index in [1.807, 2.05) is 0 Å². The molecule has 138 valence electrons. The fourth-order valence-corrected chi connectivity index (χ4v) is 1.91. The van der Waals surface area contributed by atoms with Crippen LogP contribution in [0.15, 0.2) is 42.5 Å². The van der Waals surface area contributed by atoms with Gasteiger partial charge < -0.3 is 19.5 Å². The monoisotopic (exact) mass is 365 g/mol. The van der Waals surface area contributed by atoms with Gasteiger partial charge in [-0.15, -0.1) is 0 Å². The summed E-state index contributed by atoms with van der Waals surface area (Å²) in [5.41, 5.74) is 0.0628. The molecule has 0 aliphatic carbocycles. The Kier molecular flexibility index (Phi) is 6.90. The van der Waals surface area contributed by atoms with Crippen LogP contribution in [0.1, 0.15) is 6.42 Å². The lowest BCUT2D eigenvalue weighted by Crippen LogP contribution is -2.21. The van der Waals surface area contributed by atoms with Gasteiger partial charge in [0, 0.05) is 11.8 Å². The molecule has 1 amide bonds. The van der Waals surface area contributed by atoms with Crippen molar-refractivity contribution in [1.29, 1.82) is 0 Å². The van der Waals surface area contributed by atoms with Gasteiger partial charge >= 0.3 is 5.97 Å². The predicted molar refractivity (Wildman–Crippen MR) is 89.1 cm³/mol. The van der Waals surface area contributed by atoms with Crippen molar-refractivity contribution < 1.29 is 32.6 Å². The summed E-state index contributed by atoms with van der Waals surface area (Å²) in [7, 11) is 1.55. The van der Waals surface area contributed by atoms with Gasteiger partial charge in [-0.25, -0.2) is 8.78 Å². The molecule has 0 atom stereocenters. The molecule has 26 heavy (non-hydrogen) atoms. The number of esters is 1. The normalized spacial score (nSPS) is 10.1. The fourth-order valence-electron chi connectivity index (χ4n) is 1.91. The summed E-state index contributed by atoms with van der Waals surface area (Å²) in [5, 5.41) is 2.29. The van der Waals surface area contributed by atoms with Gasteiger partial charge in [-0.1, -0.05) is 0 Å². The van der Waals surface area contributed by atoms with Crippen molar-refractivity contribution >= 4 is 17.6 Å². The van der Waals surface area contributed by atoms with Crippen LogP contribution in [-0.2, 0) is 14.3 Å². The quantitative estimate of drug-likeness (QED) is 0.728. The topological polar surface area (TPSA) is 73.9 Å². The number of anilines is 1. The molecule has 6 nitrogen and oxygen atoms in total. The molecule has 0 spiro atoms. The highest BCUT2D eigenvalue weighted by Gasteiger charge is 2.10. The molecule has 0 fully saturated rings. The number of carbonyl (C=O) groups is 2. The molecular formula is C18H17F2NO5. The third-order valence-corrected chi connectivity index (χ3v) is 3.20. The smallest absolute Gasteiger partial charge is 0.309 e. The summed E-state index contributed by atoms with van der Waals surface area (Å²) in [6, 6.07) is 9.73. The Morgan fingerprint density at radius 1 is 1.00 bits per heavy atom. The standard InChI is InChI=1S/C18H17F2NO5/c1-24-13-3-5-14(6-4-13)25-9-8-18(23)26-11-17(22)21-12-2-7-15(19)16(20)10-12/h2-7,10H,8-9,11H2,1H3,(H,21,22). The number of halogens is 2. The minimum absolute atomic E-state index is 0.0511. The van der Waals surface area contributed by atoms with Crippen molar-refractivity contribution in [3.8, 4) is 11.5 Å². The van der Waals surface area contributed by atoms with Crippen LogP contribution in [0.4, 0.5) is 14.5 Å². The molecule has 0 unspecified atom stereocenters. The second kappa shape index (κ2) is 9.36. The second-order valence-corrected chi connectivity index (χ2v) is 5.11. The summed E-state index contributed by atoms with van der Waals surface area (Å²) in [4.78, 5) is 23.2. The van der Waals surface area contributed by atoms with Crippen LogP contribution in [-0.4, -0.2) is 32.2 Å². The lowest BCUT2D eigenvalue weighted by atomic mass is 10.3. The zero-order chi connectivity index (χ0) is 18.9. The summed E-state index contributed by atoms with van der Waals surface area (Å²) < 4.78 is 41.0. The summed E-state index contributed by atoms with van der Waals surface area (Å²) in [5.74, 6) is -2.15. The van der Waals surface area contributed by atoms with Gasteiger partial charge in [-0.05, 0) is 36.4 Å². The number of hydrogen-bond acceptors (Lipinski definition) is 5. The number of ether oxygens (including phenoxy) is 3. The van der Waals surface area contributed by atoms with E-state index in [9.17, 15) is 18.4 Å². The van der Waals surface area contributed by atoms with Crippen LogP contribution in [0.2, 0.25) is 0 Å². The van der Waals surface area contributed by atoms with E-state index in [0.717, 1.165) is 12.1 Å². The largest absolute Gasteiger partial charge is 0.497 e. The highest BCUT2D eigenvalue weighted by atomic mass is 19.2. The maximum atomic E-state index is 13.0. The van der Waals surface area contributed by atoms with E-state index in [2.05, 4.69) is 5.32 Å². The van der Waals surface area contributed by atoms with E-state index >= 15 is 0 Å². The number of methoxy groups -OCH3 is 1. The maximum Gasteiger partial charge on any atom is 0.309 e. The zero-order valence-electron chi connectivity index (χ0n) is 14.0. The van der Waals surface area contributed by atoms with Crippen LogP contribution in [0.25, 0.3) is 0 Å². The number of amides is 1. The minimum atomic E-state index is -1.09. The van der Waals surface area contributed by atoms with Crippen molar-refractivity contribution in [2.24, 2.45) is 0 Å². The number of nitrogens with one attached hydrogen (secondary N) is 1. The fraction of sp³-hybridized carbons (Fsp3) is 0.222. The zero-order valence-corrected chi connectivity index (χ0v) is 14.0. The van der Waals surface area contributed by atoms with Crippen molar-refractivity contribution in [2.45, 2.75) is 6.42 Å². The summed E-state index contributed by atoms with van der Waals surface area (Å²) in [6.45, 7) is -0.462. The van der Waals surface area contributed by atoms with Crippen molar-refractivity contribution in [1.82, 2.24) is 0 Å². The van der Waals surface area contributed by atoms with E-state index < -0.39 is 30.1 Å². The Morgan fingerprint density at radius 3 is 2.35 bits per heavy atom. The van der Waals surface area contributed by atoms with Crippen LogP contribution in [0, 0.1) is 11.6 Å². The first kappa shape index (κ1) is 19.2. The molecule has 0 radical (unpaired) electrons. The summed E-state index contributed by atoms with van der Waals surface area (Å²) in [6.07, 6.45) is -0.0511. The molecule has 2 aromatic rings. The average molecular weight is 365 g/mol. The van der Waals surface area contributed by atoms with Gasteiger partial charge in [-0.2, -0.15) is 0 Å². The predicted octanol–water partition coefficient (Wildman–Crippen LogP) is 2.92. The first-order valence-corrected chi connectivity index (χ1v) is 7.65. The van der Waals surface area contributed by atoms with Gasteiger partial charge in [-0.3, -0.25) is 9.59 Å². The Labute approximate surface area is 148 Å². The van der Waals surface area contributed by atoms with Crippen LogP contribution < -0.4 is 14.8 Å². The highest BCUT2D eigenvalue weighted by Crippen LogP contribution is 2.17. The first-order chi connectivity index (χ1) is 12.5. The second-order valence-electron chi connectivity index (χ2n) is 5.11. The maximum absolute atomic E-state index is 13.0. The minimum Gasteiger partial charge on any atom is -0.497 e. The number of hydrogen-bond donors (Lipinski definition) is 1. The van der Waals surface area contributed by atoms with E-state index in [1.165, 1.54) is 6.07 Å². The highest BCUT2D eigenvalue weighted by molar-refractivity contribution is 5.92. The molecule has 0 bridgehead atoms. The van der Waals surface area contributed by atoms with Crippen LogP contribution >= 0.6 is 0 Å². The third kappa shape index (κ3) is 6.04. The molecule has 0 aliphatic rings. The Hall–Kier alpha value is -3.16. The van der Waals surface area contributed by atoms with Crippen molar-refractivity contribution in [3.63, 3.8) is 0 Å². The SMILES string of the molecule is COc1ccc(OCCC(=O)OCC(=O)Nc2ccc(F)c(F)c2)cc1. The van der Waals surface area contributed by atoms with Gasteiger partial charge in [0.1, 0.15) is 11.5 Å². The van der Waals surface area contributed by atoms with E-state index in [4.69, 9.17) is 14.2 Å². The van der Waals surface area contributed by atoms with Gasteiger partial charge in [0.15, 0.2) is 18.2 Å². The van der Waals surface area contributed by atoms with Gasteiger partial charge in [0.2, 0.25) is 0 Å². The van der Waals surface area contributed by atoms with E-state index in [-0.39, 0.29) is 18.7 Å². The lowest BCUT2D eigenvalue weighted by Gasteiger charge is -2.08. The van der Waals surface area contributed by atoms with E-state index in [0.29, 0.717) is 11.5 Å². The van der Waals surface area contributed by atoms with E-state index in [1.54, 1.807) is 31.4 Å². The number of carbonyl (C=O) groups excluding carboxylic acids is 2. The Bertz CT molecular complexity index is 765. The molecule has 0 saturated heterocycles. The van der Waals surface area contributed by atoms with Gasteiger partial charge in [0.25, 0.3) is 5.91 Å².